The van der Waals surface area contributed by atoms with Crippen molar-refractivity contribution in [3.8, 4) is 5.75 Å². The maximum atomic E-state index is 9.13. The third-order valence-corrected chi connectivity index (χ3v) is 4.00. The van der Waals surface area contributed by atoms with Gasteiger partial charge in [-0.1, -0.05) is 87.7 Å². The maximum absolute atomic E-state index is 9.13. The minimum atomic E-state index is 0.360. The summed E-state index contributed by atoms with van der Waals surface area (Å²) in [5.41, 5.74) is 3.80. The lowest BCUT2D eigenvalue weighted by molar-refractivity contribution is 0.475. The summed E-state index contributed by atoms with van der Waals surface area (Å²) in [6.45, 7) is 10.3. The summed E-state index contributed by atoms with van der Waals surface area (Å²) >= 11 is 0. The second-order valence-electron chi connectivity index (χ2n) is 6.77. The van der Waals surface area contributed by atoms with Crippen molar-refractivity contribution in [2.75, 3.05) is 0 Å². The predicted octanol–water partition coefficient (Wildman–Crippen LogP) is 6.79. The molecule has 130 valence electrons. The van der Waals surface area contributed by atoms with Crippen molar-refractivity contribution in [3.05, 3.63) is 71.8 Å². The number of rotatable bonds is 7. The van der Waals surface area contributed by atoms with E-state index >= 15 is 0 Å². The van der Waals surface area contributed by atoms with E-state index < -0.39 is 0 Å². The number of aryl methyl sites for hydroxylation is 2. The molecule has 0 fully saturated rings. The molecule has 0 heterocycles. The van der Waals surface area contributed by atoms with Gasteiger partial charge in [0.1, 0.15) is 5.75 Å². The Kier molecular flexibility index (Phi) is 9.60. The lowest BCUT2D eigenvalue weighted by Gasteiger charge is -2.04. The van der Waals surface area contributed by atoms with Crippen molar-refractivity contribution in [2.24, 2.45) is 5.92 Å². The zero-order valence-electron chi connectivity index (χ0n) is 15.5. The molecule has 1 nitrogen and oxygen atoms in total. The van der Waals surface area contributed by atoms with Crippen molar-refractivity contribution in [1.82, 2.24) is 0 Å². The normalized spacial score (nSPS) is 10.2. The highest BCUT2D eigenvalue weighted by atomic mass is 16.3. The molecule has 0 aliphatic heterocycles. The Hall–Kier alpha value is -2.02. The molecule has 2 aromatic carbocycles. The van der Waals surface area contributed by atoms with E-state index in [0.717, 1.165) is 12.3 Å². The number of hydrogen-bond acceptors (Lipinski definition) is 1. The van der Waals surface area contributed by atoms with Gasteiger partial charge in [-0.15, -0.1) is 0 Å². The molecule has 0 aliphatic rings. The summed E-state index contributed by atoms with van der Waals surface area (Å²) < 4.78 is 0. The molecule has 1 heteroatoms. The van der Waals surface area contributed by atoms with E-state index in [1.807, 2.05) is 18.2 Å². The first-order valence-electron chi connectivity index (χ1n) is 8.98. The SMILES string of the molecule is C=Cc1ccc(C)cc1.CC(C)CCCCCc1ccc(O)cc1. The van der Waals surface area contributed by atoms with E-state index in [2.05, 4.69) is 51.6 Å². The fourth-order valence-electron chi connectivity index (χ4n) is 2.42. The predicted molar refractivity (Wildman–Crippen MR) is 106 cm³/mol. The van der Waals surface area contributed by atoms with E-state index in [0.29, 0.717) is 5.75 Å². The molecule has 0 atom stereocenters. The maximum Gasteiger partial charge on any atom is 0.115 e. The Bertz CT molecular complexity index is 564. The number of unbranched alkanes of at least 4 members (excludes halogenated alkanes) is 2. The number of phenols is 1. The van der Waals surface area contributed by atoms with Crippen molar-refractivity contribution in [3.63, 3.8) is 0 Å². The van der Waals surface area contributed by atoms with Gasteiger partial charge in [-0.05, 0) is 48.9 Å². The minimum Gasteiger partial charge on any atom is -0.508 e. The van der Waals surface area contributed by atoms with Crippen LogP contribution in [0.5, 0.6) is 5.75 Å². The van der Waals surface area contributed by atoms with Crippen LogP contribution >= 0.6 is 0 Å². The molecule has 0 bridgehead atoms. The summed E-state index contributed by atoms with van der Waals surface area (Å²) in [4.78, 5) is 0. The second-order valence-corrected chi connectivity index (χ2v) is 6.77. The average molecular weight is 325 g/mol. The molecule has 24 heavy (non-hydrogen) atoms. The third kappa shape index (κ3) is 9.19. The van der Waals surface area contributed by atoms with Crippen molar-refractivity contribution < 1.29 is 5.11 Å². The molecule has 2 rings (SSSR count). The zero-order chi connectivity index (χ0) is 17.8. The van der Waals surface area contributed by atoms with Crippen LogP contribution in [0.15, 0.2) is 55.1 Å². The van der Waals surface area contributed by atoms with Gasteiger partial charge >= 0.3 is 0 Å². The van der Waals surface area contributed by atoms with Crippen LogP contribution in [0.25, 0.3) is 6.08 Å². The molecular weight excluding hydrogens is 292 g/mol. The summed E-state index contributed by atoms with van der Waals surface area (Å²) in [6.07, 6.45) is 8.25. The van der Waals surface area contributed by atoms with E-state index in [9.17, 15) is 0 Å². The first-order chi connectivity index (χ1) is 11.5. The van der Waals surface area contributed by atoms with Crippen molar-refractivity contribution in [2.45, 2.75) is 52.9 Å². The number of aromatic hydroxyl groups is 1. The molecule has 0 saturated carbocycles. The summed E-state index contributed by atoms with van der Waals surface area (Å²) in [5.74, 6) is 1.19. The van der Waals surface area contributed by atoms with Gasteiger partial charge in [0.2, 0.25) is 0 Å². The molecular formula is C23H32O. The monoisotopic (exact) mass is 324 g/mol. The minimum absolute atomic E-state index is 0.360. The van der Waals surface area contributed by atoms with Crippen LogP contribution in [0, 0.1) is 12.8 Å². The van der Waals surface area contributed by atoms with Gasteiger partial charge in [0.25, 0.3) is 0 Å². The molecule has 0 saturated heterocycles. The summed E-state index contributed by atoms with van der Waals surface area (Å²) in [7, 11) is 0. The average Bonchev–Trinajstić information content (AvgIpc) is 2.57. The highest BCUT2D eigenvalue weighted by Gasteiger charge is 1.96. The van der Waals surface area contributed by atoms with Gasteiger partial charge in [0, 0.05) is 0 Å². The lowest BCUT2D eigenvalue weighted by atomic mass is 10.0. The molecule has 2 aromatic rings. The van der Waals surface area contributed by atoms with Gasteiger partial charge in [-0.2, -0.15) is 0 Å². The quantitative estimate of drug-likeness (QED) is 0.556. The van der Waals surface area contributed by atoms with Crippen LogP contribution in [0.3, 0.4) is 0 Å². The van der Waals surface area contributed by atoms with Gasteiger partial charge in [-0.3, -0.25) is 0 Å². The third-order valence-electron chi connectivity index (χ3n) is 4.00. The summed E-state index contributed by atoms with van der Waals surface area (Å²) in [5, 5.41) is 9.13. The van der Waals surface area contributed by atoms with Crippen LogP contribution in [-0.4, -0.2) is 5.11 Å². The largest absolute Gasteiger partial charge is 0.508 e. The number of hydrogen-bond donors (Lipinski definition) is 1. The summed E-state index contributed by atoms with van der Waals surface area (Å²) in [6, 6.07) is 15.8. The van der Waals surface area contributed by atoms with Gasteiger partial charge in [-0.25, -0.2) is 0 Å². The zero-order valence-corrected chi connectivity index (χ0v) is 15.5. The topological polar surface area (TPSA) is 20.2 Å². The fourth-order valence-corrected chi connectivity index (χ4v) is 2.42. The Labute approximate surface area is 148 Å². The lowest BCUT2D eigenvalue weighted by Crippen LogP contribution is -1.89. The highest BCUT2D eigenvalue weighted by molar-refractivity contribution is 5.46. The smallest absolute Gasteiger partial charge is 0.115 e. The molecule has 0 amide bonds. The van der Waals surface area contributed by atoms with Gasteiger partial charge < -0.3 is 5.11 Å². The Balaban J connectivity index is 0.000000272. The van der Waals surface area contributed by atoms with Gasteiger partial charge in [0.05, 0.1) is 0 Å². The van der Waals surface area contributed by atoms with Crippen LogP contribution in [0.4, 0.5) is 0 Å². The van der Waals surface area contributed by atoms with Crippen LogP contribution in [0.2, 0.25) is 0 Å². The first kappa shape index (κ1) is 20.0. The van der Waals surface area contributed by atoms with Gasteiger partial charge in [0.15, 0.2) is 0 Å². The van der Waals surface area contributed by atoms with E-state index in [-0.39, 0.29) is 0 Å². The Morgan fingerprint density at radius 3 is 2.08 bits per heavy atom. The van der Waals surface area contributed by atoms with Crippen molar-refractivity contribution in [1.29, 1.82) is 0 Å². The molecule has 0 aromatic heterocycles. The number of phenolic OH excluding ortho intramolecular Hbond substituents is 1. The molecule has 0 radical (unpaired) electrons. The van der Waals surface area contributed by atoms with E-state index in [4.69, 9.17) is 5.11 Å². The molecule has 0 unspecified atom stereocenters. The van der Waals surface area contributed by atoms with Crippen molar-refractivity contribution >= 4 is 6.08 Å². The fraction of sp³-hybridized carbons (Fsp3) is 0.391. The van der Waals surface area contributed by atoms with Crippen LogP contribution in [0.1, 0.15) is 56.2 Å². The van der Waals surface area contributed by atoms with Crippen LogP contribution < -0.4 is 0 Å². The van der Waals surface area contributed by atoms with E-state index in [1.54, 1.807) is 12.1 Å². The first-order valence-corrected chi connectivity index (χ1v) is 8.98. The molecule has 1 N–H and O–H groups in total. The highest BCUT2D eigenvalue weighted by Crippen LogP contribution is 2.14. The Morgan fingerprint density at radius 2 is 1.54 bits per heavy atom. The van der Waals surface area contributed by atoms with Crippen LogP contribution in [-0.2, 0) is 6.42 Å². The number of benzene rings is 2. The molecule has 0 spiro atoms. The standard InChI is InChI=1S/C14H22O.C9H10/c1-12(2)6-4-3-5-7-13-8-10-14(15)11-9-13;1-3-9-6-4-8(2)5-7-9/h8-12,15H,3-7H2,1-2H3;3-7H,1H2,2H3. The van der Waals surface area contributed by atoms with E-state index in [1.165, 1.54) is 42.4 Å². The Morgan fingerprint density at radius 1 is 0.917 bits per heavy atom. The second kappa shape index (κ2) is 11.5. The molecule has 0 aliphatic carbocycles.